The molecule has 2 heterocycles. The predicted molar refractivity (Wildman–Crippen MR) is 189 cm³/mol. The van der Waals surface area contributed by atoms with E-state index in [4.69, 9.17) is 28.4 Å². The van der Waals surface area contributed by atoms with Crippen LogP contribution in [-0.4, -0.2) is 138 Å². The van der Waals surface area contributed by atoms with E-state index in [0.29, 0.717) is 13.0 Å². The van der Waals surface area contributed by atoms with Gasteiger partial charge in [0.05, 0.1) is 64.7 Å². The van der Waals surface area contributed by atoms with Crippen molar-refractivity contribution in [1.29, 1.82) is 0 Å². The second kappa shape index (κ2) is 20.9. The molecule has 0 aromatic carbocycles. The summed E-state index contributed by atoms with van der Waals surface area (Å²) in [6.07, 6.45) is 3.17. The molecule has 2 saturated heterocycles. The number of alkyl carbamates (subject to hydrolysis) is 1. The fourth-order valence-electron chi connectivity index (χ4n) is 6.49. The van der Waals surface area contributed by atoms with Gasteiger partial charge in [-0.05, 0) is 52.9 Å². The fourth-order valence-corrected chi connectivity index (χ4v) is 6.49. The first-order chi connectivity index (χ1) is 24.7. The van der Waals surface area contributed by atoms with Crippen molar-refractivity contribution in [2.24, 2.45) is 11.8 Å². The molecule has 1 saturated carbocycles. The Morgan fingerprint density at radius 3 is 2.13 bits per heavy atom. The van der Waals surface area contributed by atoms with E-state index in [0.717, 1.165) is 12.8 Å². The van der Waals surface area contributed by atoms with Crippen LogP contribution in [0.15, 0.2) is 11.6 Å². The molecule has 3 fully saturated rings. The lowest BCUT2D eigenvalue weighted by molar-refractivity contribution is -0.131. The smallest absolute Gasteiger partial charge is 0.407 e. The Balaban J connectivity index is 1.22. The number of methoxy groups -OCH3 is 1. The van der Waals surface area contributed by atoms with Gasteiger partial charge in [0.25, 0.3) is 0 Å². The van der Waals surface area contributed by atoms with Crippen molar-refractivity contribution in [1.82, 2.24) is 32.1 Å². The summed E-state index contributed by atoms with van der Waals surface area (Å²) >= 11 is 0. The quantitative estimate of drug-likeness (QED) is 0.0330. The topological polar surface area (TPSA) is 220 Å². The zero-order chi connectivity index (χ0) is 38.3. The molecule has 0 radical (unpaired) electrons. The van der Waals surface area contributed by atoms with Crippen molar-refractivity contribution in [3.05, 3.63) is 11.6 Å². The van der Waals surface area contributed by atoms with Crippen LogP contribution in [-0.2, 0) is 47.6 Å². The number of hydrogen-bond donors (Lipinski definition) is 6. The van der Waals surface area contributed by atoms with Gasteiger partial charge < -0.3 is 49.7 Å². The molecule has 0 aromatic rings. The Bertz CT molecular complexity index is 1240. The highest BCUT2D eigenvalue weighted by Gasteiger charge is 2.72. The van der Waals surface area contributed by atoms with Gasteiger partial charge in [-0.15, -0.1) is 0 Å². The zero-order valence-electron chi connectivity index (χ0n) is 31.7. The molecule has 296 valence electrons. The minimum absolute atomic E-state index is 0.0504. The number of carbonyl (C=O) groups excluding carboxylic acids is 5. The summed E-state index contributed by atoms with van der Waals surface area (Å²) in [5.74, 6) is -1.71. The molecule has 4 unspecified atom stereocenters. The molecule has 1 spiro atoms. The second-order valence-corrected chi connectivity index (χ2v) is 14.2. The summed E-state index contributed by atoms with van der Waals surface area (Å²) in [7, 11) is 1.64. The highest BCUT2D eigenvalue weighted by atomic mass is 16.6. The van der Waals surface area contributed by atoms with Crippen molar-refractivity contribution in [3.63, 3.8) is 0 Å². The third-order valence-corrected chi connectivity index (χ3v) is 9.35. The van der Waals surface area contributed by atoms with Gasteiger partial charge in [-0.1, -0.05) is 25.5 Å². The minimum Gasteiger partial charge on any atom is -0.443 e. The van der Waals surface area contributed by atoms with Crippen molar-refractivity contribution in [2.45, 2.75) is 96.4 Å². The van der Waals surface area contributed by atoms with E-state index in [1.54, 1.807) is 21.0 Å². The molecule has 3 aliphatic rings. The van der Waals surface area contributed by atoms with Crippen molar-refractivity contribution >= 4 is 29.6 Å². The van der Waals surface area contributed by atoms with Gasteiger partial charge in [-0.25, -0.2) is 15.6 Å². The lowest BCUT2D eigenvalue weighted by Crippen LogP contribution is -2.56. The van der Waals surface area contributed by atoms with Crippen LogP contribution in [0.25, 0.3) is 0 Å². The van der Waals surface area contributed by atoms with E-state index in [2.05, 4.69) is 59.0 Å². The third-order valence-electron chi connectivity index (χ3n) is 9.35. The van der Waals surface area contributed by atoms with E-state index < -0.39 is 41.6 Å². The van der Waals surface area contributed by atoms with Crippen LogP contribution in [0, 0.1) is 11.8 Å². The van der Waals surface area contributed by atoms with E-state index in [1.807, 2.05) is 0 Å². The van der Waals surface area contributed by atoms with Crippen LogP contribution in [0.1, 0.15) is 60.8 Å². The number of carbonyl (C=O) groups is 5. The number of Topliss-reactive ketones (excluding diaryl/α,β-unsaturated/α-hetero) is 1. The molecule has 0 aromatic heterocycles. The maximum Gasteiger partial charge on any atom is 0.407 e. The van der Waals surface area contributed by atoms with Crippen molar-refractivity contribution < 1.29 is 52.4 Å². The molecular weight excluding hydrogens is 680 g/mol. The number of ether oxygens (including phenoxy) is 6. The highest BCUT2D eigenvalue weighted by Crippen LogP contribution is 2.59. The molecule has 6 N–H and O–H groups in total. The number of nitrogens with one attached hydrogen (secondary N) is 6. The summed E-state index contributed by atoms with van der Waals surface area (Å²) in [6, 6.07) is -0.838. The van der Waals surface area contributed by atoms with Crippen LogP contribution in [0.4, 0.5) is 4.79 Å². The second-order valence-electron chi connectivity index (χ2n) is 14.2. The largest absolute Gasteiger partial charge is 0.443 e. The average Bonchev–Trinajstić information content (AvgIpc) is 4.01. The Hall–Kier alpha value is -3.19. The predicted octanol–water partition coefficient (Wildman–Crippen LogP) is -0.121. The van der Waals surface area contributed by atoms with Crippen LogP contribution in [0.3, 0.4) is 0 Å². The van der Waals surface area contributed by atoms with E-state index in [1.165, 1.54) is 12.5 Å². The number of ketones is 1. The Kier molecular flexibility index (Phi) is 17.4. The molecule has 7 atom stereocenters. The Labute approximate surface area is 306 Å². The first-order valence-corrected chi connectivity index (χ1v) is 18.1. The van der Waals surface area contributed by atoms with Crippen molar-refractivity contribution in [2.75, 3.05) is 72.9 Å². The van der Waals surface area contributed by atoms with Crippen LogP contribution < -0.4 is 32.1 Å². The Morgan fingerprint density at radius 1 is 0.885 bits per heavy atom. The standard InChI is InChI=1S/C35H60N6O11/c1-22(2)8-9-26-34(6,52-26)31-30(47-7)25(10-11-35(31)21-50-35)51-33(46)37-13-15-49-17-16-48-14-12-36-27(43)19-38-32(45)29(23(3)4)41-28(44)20-40-39-18-24(5)42/h8,23,25-26,29-31,39-40H,9-21H2,1-7H3,(H,36,43)(H,37,46)(H,38,45)(H,41,44)/t25?,26-,29+,30?,31?,34?,35+/m1/s1. The molecule has 1 aliphatic carbocycles. The van der Waals surface area contributed by atoms with Crippen molar-refractivity contribution in [3.8, 4) is 0 Å². The van der Waals surface area contributed by atoms with Gasteiger partial charge >= 0.3 is 6.09 Å². The number of epoxide rings is 2. The van der Waals surface area contributed by atoms with Crippen LogP contribution in [0.2, 0.25) is 0 Å². The van der Waals surface area contributed by atoms with E-state index in [9.17, 15) is 24.0 Å². The SMILES string of the molecule is COC1C(OC(=O)NCCOCCOCCNC(=O)CNC(=O)[C@@H](NC(=O)CNNCC(C)=O)C(C)C)CC[C@]2(CO2)C1C1(C)O[C@@H]1CC=C(C)C. The molecule has 17 heteroatoms. The summed E-state index contributed by atoms with van der Waals surface area (Å²) in [6.45, 7) is 13.1. The Morgan fingerprint density at radius 2 is 1.54 bits per heavy atom. The van der Waals surface area contributed by atoms with Gasteiger partial charge in [0, 0.05) is 20.2 Å². The molecule has 4 amide bonds. The van der Waals surface area contributed by atoms with Gasteiger partial charge in [0.2, 0.25) is 17.7 Å². The fraction of sp³-hybridized carbons (Fsp3) is 0.800. The molecule has 3 rings (SSSR count). The first-order valence-electron chi connectivity index (χ1n) is 18.1. The van der Waals surface area contributed by atoms with Gasteiger partial charge in [0.15, 0.2) is 0 Å². The van der Waals surface area contributed by atoms with Gasteiger partial charge in [-0.3, -0.25) is 19.2 Å². The normalized spacial score (nSPS) is 26.6. The summed E-state index contributed by atoms with van der Waals surface area (Å²) in [4.78, 5) is 60.5. The lowest BCUT2D eigenvalue weighted by atomic mass is 9.68. The first kappa shape index (κ1) is 43.2. The van der Waals surface area contributed by atoms with Crippen LogP contribution in [0.5, 0.6) is 0 Å². The zero-order valence-corrected chi connectivity index (χ0v) is 31.7. The molecule has 0 bridgehead atoms. The maximum absolute atomic E-state index is 12.6. The van der Waals surface area contributed by atoms with Crippen LogP contribution >= 0.6 is 0 Å². The number of rotatable bonds is 24. The average molecular weight is 741 g/mol. The highest BCUT2D eigenvalue weighted by molar-refractivity contribution is 5.91. The number of allylic oxidation sites excluding steroid dienone is 1. The summed E-state index contributed by atoms with van der Waals surface area (Å²) in [5, 5.41) is 10.5. The molecule has 52 heavy (non-hydrogen) atoms. The van der Waals surface area contributed by atoms with E-state index >= 15 is 0 Å². The third kappa shape index (κ3) is 13.7. The van der Waals surface area contributed by atoms with Gasteiger partial charge in [0.1, 0.15) is 35.2 Å². The maximum atomic E-state index is 12.6. The molecule has 17 nitrogen and oxygen atoms in total. The number of amides is 4. The lowest BCUT2D eigenvalue weighted by Gasteiger charge is -2.42. The monoisotopic (exact) mass is 740 g/mol. The number of hydrogen-bond acceptors (Lipinski definition) is 13. The van der Waals surface area contributed by atoms with Gasteiger partial charge in [-0.2, -0.15) is 0 Å². The molecular formula is C35H60N6O11. The summed E-state index contributed by atoms with van der Waals surface area (Å²) in [5.41, 5.74) is 5.75. The molecule has 2 aliphatic heterocycles. The minimum atomic E-state index is -0.838. The number of hydrazine groups is 1. The summed E-state index contributed by atoms with van der Waals surface area (Å²) < 4.78 is 34.9. The van der Waals surface area contributed by atoms with E-state index in [-0.39, 0.29) is 94.6 Å².